The zero-order valence-corrected chi connectivity index (χ0v) is 16.5. The van der Waals surface area contributed by atoms with Crippen LogP contribution < -0.4 is 10.1 Å². The number of hydrogen-bond acceptors (Lipinski definition) is 4. The molecule has 2 aromatic rings. The standard InChI is InChI=1S/C21H22F5N3O2/c22-20(23)31-18-7-2-1-6-17(18)27-19(30)14-29-10-8-28(9-11-29)13-15-4-3-5-16(12-15)21(24,25)26/h1-7,12,20H,8-11,13-14H2,(H,27,30). The van der Waals surface area contributed by atoms with Crippen LogP contribution in [0.25, 0.3) is 0 Å². The van der Waals surface area contributed by atoms with Crippen LogP contribution in [0.2, 0.25) is 0 Å². The summed E-state index contributed by atoms with van der Waals surface area (Å²) >= 11 is 0. The molecule has 10 heteroatoms. The highest BCUT2D eigenvalue weighted by atomic mass is 19.4. The number of alkyl halides is 5. The molecule has 2 aromatic carbocycles. The van der Waals surface area contributed by atoms with Crippen molar-refractivity contribution < 1.29 is 31.5 Å². The van der Waals surface area contributed by atoms with E-state index in [1.807, 2.05) is 9.80 Å². The van der Waals surface area contributed by atoms with E-state index in [9.17, 15) is 26.7 Å². The summed E-state index contributed by atoms with van der Waals surface area (Å²) < 4.78 is 67.9. The minimum Gasteiger partial charge on any atom is -0.433 e. The van der Waals surface area contributed by atoms with Crippen molar-refractivity contribution in [1.82, 2.24) is 9.80 Å². The van der Waals surface area contributed by atoms with Gasteiger partial charge in [0.2, 0.25) is 5.91 Å². The molecule has 0 bridgehead atoms. The summed E-state index contributed by atoms with van der Waals surface area (Å²) in [4.78, 5) is 16.2. The summed E-state index contributed by atoms with van der Waals surface area (Å²) in [7, 11) is 0. The molecule has 0 spiro atoms. The molecule has 3 rings (SSSR count). The van der Waals surface area contributed by atoms with Gasteiger partial charge in [0, 0.05) is 32.7 Å². The van der Waals surface area contributed by atoms with Crippen LogP contribution in [0, 0.1) is 0 Å². The monoisotopic (exact) mass is 443 g/mol. The maximum atomic E-state index is 12.9. The van der Waals surface area contributed by atoms with Crippen molar-refractivity contribution in [3.8, 4) is 5.75 Å². The number of nitrogens with one attached hydrogen (secondary N) is 1. The van der Waals surface area contributed by atoms with Gasteiger partial charge < -0.3 is 10.1 Å². The predicted octanol–water partition coefficient (Wildman–Crippen LogP) is 4.06. The third kappa shape index (κ3) is 6.90. The molecule has 1 saturated heterocycles. The van der Waals surface area contributed by atoms with Crippen molar-refractivity contribution in [2.75, 3.05) is 38.0 Å². The topological polar surface area (TPSA) is 44.8 Å². The van der Waals surface area contributed by atoms with E-state index in [1.54, 1.807) is 12.1 Å². The van der Waals surface area contributed by atoms with Gasteiger partial charge in [-0.15, -0.1) is 0 Å². The number of ether oxygens (including phenoxy) is 1. The number of halogens is 5. The van der Waals surface area contributed by atoms with Crippen LogP contribution in [-0.4, -0.2) is 55.0 Å². The first kappa shape index (κ1) is 23.0. The molecule has 0 aliphatic carbocycles. The first-order valence-electron chi connectivity index (χ1n) is 9.65. The zero-order valence-electron chi connectivity index (χ0n) is 16.5. The van der Waals surface area contributed by atoms with E-state index in [0.717, 1.165) is 12.1 Å². The molecule has 31 heavy (non-hydrogen) atoms. The summed E-state index contributed by atoms with van der Waals surface area (Å²) in [6.07, 6.45) is -4.37. The largest absolute Gasteiger partial charge is 0.433 e. The van der Waals surface area contributed by atoms with Crippen LogP contribution in [0.4, 0.5) is 27.6 Å². The fourth-order valence-electron chi connectivity index (χ4n) is 3.37. The Balaban J connectivity index is 1.48. The van der Waals surface area contributed by atoms with Crippen LogP contribution >= 0.6 is 0 Å². The van der Waals surface area contributed by atoms with Gasteiger partial charge in [0.15, 0.2) is 0 Å². The van der Waals surface area contributed by atoms with E-state index in [0.29, 0.717) is 38.3 Å². The predicted molar refractivity (Wildman–Crippen MR) is 105 cm³/mol. The highest BCUT2D eigenvalue weighted by Gasteiger charge is 2.30. The van der Waals surface area contributed by atoms with Crippen molar-refractivity contribution in [3.05, 3.63) is 59.7 Å². The second kappa shape index (κ2) is 10.1. The van der Waals surface area contributed by atoms with E-state index < -0.39 is 18.4 Å². The Morgan fingerprint density at radius 3 is 2.35 bits per heavy atom. The van der Waals surface area contributed by atoms with Crippen molar-refractivity contribution in [1.29, 1.82) is 0 Å². The fraction of sp³-hybridized carbons (Fsp3) is 0.381. The van der Waals surface area contributed by atoms with Gasteiger partial charge in [-0.2, -0.15) is 22.0 Å². The summed E-state index contributed by atoms with van der Waals surface area (Å²) in [6, 6.07) is 11.2. The highest BCUT2D eigenvalue weighted by molar-refractivity contribution is 5.93. The van der Waals surface area contributed by atoms with E-state index in [1.165, 1.54) is 24.3 Å². The van der Waals surface area contributed by atoms with Crippen molar-refractivity contribution in [3.63, 3.8) is 0 Å². The smallest absolute Gasteiger partial charge is 0.416 e. The Hall–Kier alpha value is -2.72. The molecule has 0 aromatic heterocycles. The second-order valence-corrected chi connectivity index (χ2v) is 7.17. The molecule has 168 valence electrons. The van der Waals surface area contributed by atoms with Gasteiger partial charge in [0.1, 0.15) is 5.75 Å². The zero-order chi connectivity index (χ0) is 22.4. The number of benzene rings is 2. The second-order valence-electron chi connectivity index (χ2n) is 7.17. The third-order valence-corrected chi connectivity index (χ3v) is 4.87. The molecule has 1 aliphatic heterocycles. The SMILES string of the molecule is O=C(CN1CCN(Cc2cccc(C(F)(F)F)c2)CC1)Nc1ccccc1OC(F)F. The number of rotatable bonds is 7. The lowest BCUT2D eigenvalue weighted by molar-refractivity contribution is -0.137. The number of anilines is 1. The van der Waals surface area contributed by atoms with Crippen LogP contribution in [0.3, 0.4) is 0 Å². The number of carbonyl (C=O) groups excluding carboxylic acids is 1. The normalized spacial score (nSPS) is 15.8. The van der Waals surface area contributed by atoms with Crippen molar-refractivity contribution in [2.45, 2.75) is 19.3 Å². The van der Waals surface area contributed by atoms with E-state index >= 15 is 0 Å². The maximum Gasteiger partial charge on any atom is 0.416 e. The number of para-hydroxylation sites is 2. The molecular weight excluding hydrogens is 421 g/mol. The quantitative estimate of drug-likeness (QED) is 0.656. The number of nitrogens with zero attached hydrogens (tertiary/aromatic N) is 2. The van der Waals surface area contributed by atoms with Gasteiger partial charge in [0.05, 0.1) is 17.8 Å². The van der Waals surface area contributed by atoms with Crippen LogP contribution in [0.1, 0.15) is 11.1 Å². The average Bonchev–Trinajstić information content (AvgIpc) is 2.70. The summed E-state index contributed by atoms with van der Waals surface area (Å²) in [5.41, 5.74) is 0.0732. The number of amides is 1. The molecule has 1 N–H and O–H groups in total. The Kier molecular flexibility index (Phi) is 7.45. The van der Waals surface area contributed by atoms with Gasteiger partial charge in [-0.1, -0.05) is 30.3 Å². The first-order chi connectivity index (χ1) is 14.7. The summed E-state index contributed by atoms with van der Waals surface area (Å²) in [5, 5.41) is 2.58. The molecule has 0 radical (unpaired) electrons. The van der Waals surface area contributed by atoms with Crippen LogP contribution in [-0.2, 0) is 17.5 Å². The summed E-state index contributed by atoms with van der Waals surface area (Å²) in [6.45, 7) is -0.238. The van der Waals surface area contributed by atoms with Gasteiger partial charge in [-0.05, 0) is 23.8 Å². The first-order valence-corrected chi connectivity index (χ1v) is 9.65. The van der Waals surface area contributed by atoms with Gasteiger partial charge in [-0.3, -0.25) is 14.6 Å². The summed E-state index contributed by atoms with van der Waals surface area (Å²) in [5.74, 6) is -0.478. The molecule has 0 saturated carbocycles. The van der Waals surface area contributed by atoms with Gasteiger partial charge in [-0.25, -0.2) is 0 Å². The molecule has 1 amide bonds. The van der Waals surface area contributed by atoms with E-state index in [-0.39, 0.29) is 23.9 Å². The molecule has 1 aliphatic rings. The Labute approximate surface area is 176 Å². The van der Waals surface area contributed by atoms with Gasteiger partial charge in [0.25, 0.3) is 0 Å². The number of hydrogen-bond donors (Lipinski definition) is 1. The highest BCUT2D eigenvalue weighted by Crippen LogP contribution is 2.30. The molecule has 1 fully saturated rings. The maximum absolute atomic E-state index is 12.9. The minimum atomic E-state index is -4.37. The Morgan fingerprint density at radius 2 is 1.68 bits per heavy atom. The molecule has 5 nitrogen and oxygen atoms in total. The van der Waals surface area contributed by atoms with Crippen molar-refractivity contribution >= 4 is 11.6 Å². The lowest BCUT2D eigenvalue weighted by Crippen LogP contribution is -2.48. The van der Waals surface area contributed by atoms with Crippen molar-refractivity contribution in [2.24, 2.45) is 0 Å². The Morgan fingerprint density at radius 1 is 1.00 bits per heavy atom. The molecule has 0 atom stereocenters. The Bertz CT molecular complexity index is 883. The minimum absolute atomic E-state index is 0.0699. The lowest BCUT2D eigenvalue weighted by Gasteiger charge is -2.34. The number of carbonyl (C=O) groups is 1. The third-order valence-electron chi connectivity index (χ3n) is 4.87. The molecule has 0 unspecified atom stereocenters. The lowest BCUT2D eigenvalue weighted by atomic mass is 10.1. The van der Waals surface area contributed by atoms with E-state index in [2.05, 4.69) is 10.1 Å². The van der Waals surface area contributed by atoms with E-state index in [4.69, 9.17) is 0 Å². The molecule has 1 heterocycles. The fourth-order valence-corrected chi connectivity index (χ4v) is 3.37. The van der Waals surface area contributed by atoms with Crippen LogP contribution in [0.5, 0.6) is 5.75 Å². The van der Waals surface area contributed by atoms with Gasteiger partial charge >= 0.3 is 12.8 Å². The molecular formula is C21H22F5N3O2. The van der Waals surface area contributed by atoms with Crippen LogP contribution in [0.15, 0.2) is 48.5 Å². The number of piperazine rings is 1. The average molecular weight is 443 g/mol.